The van der Waals surface area contributed by atoms with Crippen LogP contribution in [0.5, 0.6) is 0 Å². The van der Waals surface area contributed by atoms with Crippen molar-refractivity contribution in [1.29, 1.82) is 0 Å². The number of nitrogens with one attached hydrogen (secondary N) is 2. The summed E-state index contributed by atoms with van der Waals surface area (Å²) in [5.41, 5.74) is 1.41. The Morgan fingerprint density at radius 1 is 1.33 bits per heavy atom. The number of rotatable bonds is 1. The first-order chi connectivity index (χ1) is 7.27. The fourth-order valence-electron chi connectivity index (χ4n) is 1.10. The minimum atomic E-state index is 0.330. The van der Waals surface area contributed by atoms with E-state index in [9.17, 15) is 0 Å². The van der Waals surface area contributed by atoms with Crippen LogP contribution in [-0.4, -0.2) is 19.9 Å². The van der Waals surface area contributed by atoms with E-state index >= 15 is 0 Å². The Labute approximate surface area is 87.4 Å². The third-order valence-corrected chi connectivity index (χ3v) is 1.76. The molecule has 5 nitrogen and oxygen atoms in total. The second-order valence-electron chi connectivity index (χ2n) is 3.37. The van der Waals surface area contributed by atoms with Crippen LogP contribution in [0.25, 0.3) is 11.2 Å². The summed E-state index contributed by atoms with van der Waals surface area (Å²) in [4.78, 5) is 15.1. The maximum Gasteiger partial charge on any atom is 0.182 e. The molecule has 5 heteroatoms. The van der Waals surface area contributed by atoms with Crippen molar-refractivity contribution in [2.45, 2.75) is 13.8 Å². The molecule has 2 N–H and O–H groups in total. The van der Waals surface area contributed by atoms with Crippen molar-refractivity contribution in [1.82, 2.24) is 19.9 Å². The number of hydrogen-bond donors (Lipinski definition) is 2. The predicted molar refractivity (Wildman–Crippen MR) is 57.9 cm³/mol. The molecule has 0 saturated heterocycles. The van der Waals surface area contributed by atoms with Crippen molar-refractivity contribution in [2.75, 3.05) is 5.32 Å². The summed E-state index contributed by atoms with van der Waals surface area (Å²) in [5, 5.41) is 2.92. The average molecular weight is 201 g/mol. The maximum atomic E-state index is 4.08. The van der Waals surface area contributed by atoms with Gasteiger partial charge in [0.05, 0.1) is 6.33 Å². The van der Waals surface area contributed by atoms with E-state index in [1.54, 1.807) is 6.33 Å². The zero-order chi connectivity index (χ0) is 10.7. The summed E-state index contributed by atoms with van der Waals surface area (Å²) in [6.45, 7) is 4.06. The summed E-state index contributed by atoms with van der Waals surface area (Å²) in [6, 6.07) is 2.84. The molecule has 76 valence electrons. The van der Waals surface area contributed by atoms with Gasteiger partial charge in [-0.1, -0.05) is 19.8 Å². The Balaban J connectivity index is 2.29. The first kappa shape index (κ1) is 9.46. The lowest BCUT2D eigenvalue weighted by Gasteiger charge is -1.97. The molecule has 2 aromatic rings. The smallest absolute Gasteiger partial charge is 0.182 e. The quantitative estimate of drug-likeness (QED) is 0.540. The van der Waals surface area contributed by atoms with Crippen LogP contribution >= 0.6 is 0 Å². The summed E-state index contributed by atoms with van der Waals surface area (Å²) >= 11 is 0. The van der Waals surface area contributed by atoms with Crippen molar-refractivity contribution >= 4 is 17.0 Å². The first-order valence-corrected chi connectivity index (χ1v) is 4.68. The molecule has 0 aliphatic rings. The van der Waals surface area contributed by atoms with Crippen LogP contribution in [0.3, 0.4) is 0 Å². The molecule has 0 unspecified atom stereocenters. The molecular formula is C10H11N5. The Morgan fingerprint density at radius 3 is 3.00 bits per heavy atom. The van der Waals surface area contributed by atoms with Gasteiger partial charge in [-0.05, 0) is 0 Å². The highest BCUT2D eigenvalue weighted by Crippen LogP contribution is 2.13. The van der Waals surface area contributed by atoms with Crippen LogP contribution in [0.15, 0.2) is 12.7 Å². The van der Waals surface area contributed by atoms with Crippen molar-refractivity contribution in [3.63, 3.8) is 0 Å². The summed E-state index contributed by atoms with van der Waals surface area (Å²) in [7, 11) is 0. The third kappa shape index (κ3) is 2.05. The molecule has 2 rings (SSSR count). The molecule has 2 heterocycles. The van der Waals surface area contributed by atoms with Gasteiger partial charge in [0.2, 0.25) is 0 Å². The van der Waals surface area contributed by atoms with Gasteiger partial charge in [0, 0.05) is 12.0 Å². The van der Waals surface area contributed by atoms with Crippen LogP contribution in [0, 0.1) is 17.9 Å². The Morgan fingerprint density at radius 2 is 2.20 bits per heavy atom. The lowest BCUT2D eigenvalue weighted by atomic mass is 10.2. The molecule has 0 aliphatic carbocycles. The topological polar surface area (TPSA) is 66.5 Å². The van der Waals surface area contributed by atoms with E-state index in [2.05, 4.69) is 37.2 Å². The molecule has 0 aliphatic heterocycles. The number of aromatic amines is 1. The highest BCUT2D eigenvalue weighted by molar-refractivity contribution is 5.82. The molecule has 0 amide bonds. The first-order valence-electron chi connectivity index (χ1n) is 4.68. The van der Waals surface area contributed by atoms with Gasteiger partial charge < -0.3 is 4.98 Å². The van der Waals surface area contributed by atoms with Crippen molar-refractivity contribution in [3.8, 4) is 12.0 Å². The third-order valence-electron chi connectivity index (χ3n) is 1.76. The average Bonchev–Trinajstić information content (AvgIpc) is 2.65. The second-order valence-corrected chi connectivity index (χ2v) is 3.37. The highest BCUT2D eigenvalue weighted by Gasteiger charge is 2.02. The Kier molecular flexibility index (Phi) is 2.50. The van der Waals surface area contributed by atoms with Gasteiger partial charge in [-0.3, -0.25) is 5.32 Å². The number of H-pyrrole nitrogens is 1. The Hall–Kier alpha value is -2.09. The molecule has 0 bridgehead atoms. The zero-order valence-corrected chi connectivity index (χ0v) is 8.57. The fraction of sp³-hybridized carbons (Fsp3) is 0.300. The molecule has 15 heavy (non-hydrogen) atoms. The van der Waals surface area contributed by atoms with Gasteiger partial charge in [-0.15, -0.1) is 0 Å². The molecule has 0 aromatic carbocycles. The minimum absolute atomic E-state index is 0.330. The lowest BCUT2D eigenvalue weighted by Crippen LogP contribution is -1.95. The fourth-order valence-corrected chi connectivity index (χ4v) is 1.10. The van der Waals surface area contributed by atoms with Gasteiger partial charge in [0.1, 0.15) is 11.8 Å². The number of hydrogen-bond acceptors (Lipinski definition) is 4. The van der Waals surface area contributed by atoms with E-state index < -0.39 is 0 Å². The number of fused-ring (bicyclic) bond motifs is 1. The van der Waals surface area contributed by atoms with Crippen molar-refractivity contribution in [2.24, 2.45) is 5.92 Å². The summed E-state index contributed by atoms with van der Waals surface area (Å²) < 4.78 is 0. The number of nitrogens with zero attached hydrogens (tertiary/aromatic N) is 3. The van der Waals surface area contributed by atoms with Gasteiger partial charge in [-0.25, -0.2) is 15.0 Å². The SMILES string of the molecule is CC(C)C#CNc1ncnc2nc[nH]c12. The van der Waals surface area contributed by atoms with Crippen molar-refractivity contribution in [3.05, 3.63) is 12.7 Å². The molecule has 2 aromatic heterocycles. The van der Waals surface area contributed by atoms with Crippen molar-refractivity contribution < 1.29 is 0 Å². The van der Waals surface area contributed by atoms with Gasteiger partial charge in [-0.2, -0.15) is 0 Å². The van der Waals surface area contributed by atoms with E-state index in [0.717, 1.165) is 5.52 Å². The van der Waals surface area contributed by atoms with Crippen LogP contribution in [-0.2, 0) is 0 Å². The minimum Gasteiger partial charge on any atom is -0.340 e. The van der Waals surface area contributed by atoms with Gasteiger partial charge in [0.15, 0.2) is 11.5 Å². The molecule has 0 fully saturated rings. The van der Waals surface area contributed by atoms with E-state index in [-0.39, 0.29) is 0 Å². The maximum absolute atomic E-state index is 4.08. The molecular weight excluding hydrogens is 190 g/mol. The monoisotopic (exact) mass is 201 g/mol. The van der Waals surface area contributed by atoms with E-state index in [0.29, 0.717) is 17.4 Å². The molecule has 0 saturated carbocycles. The standard InChI is InChI=1S/C10H11N5/c1-7(2)3-4-11-9-8-10(13-5-12-8)15-6-14-9/h5-7H,1-2H3,(H2,11,12,13,14,15). The molecule has 0 spiro atoms. The van der Waals surface area contributed by atoms with Crippen LogP contribution in [0.4, 0.5) is 5.82 Å². The largest absolute Gasteiger partial charge is 0.340 e. The van der Waals surface area contributed by atoms with E-state index in [1.807, 2.05) is 13.8 Å². The number of imidazole rings is 1. The highest BCUT2D eigenvalue weighted by atomic mass is 15.1. The normalized spacial score (nSPS) is 10.1. The number of aromatic nitrogens is 4. The van der Waals surface area contributed by atoms with Gasteiger partial charge in [0.25, 0.3) is 0 Å². The lowest BCUT2D eigenvalue weighted by molar-refractivity contribution is 0.866. The second kappa shape index (κ2) is 3.96. The van der Waals surface area contributed by atoms with Crippen LogP contribution in [0.1, 0.15) is 13.8 Å². The molecule has 0 atom stereocenters. The summed E-state index contributed by atoms with van der Waals surface area (Å²) in [6.07, 6.45) is 3.04. The Bertz CT molecular complexity index is 517. The summed E-state index contributed by atoms with van der Waals surface area (Å²) in [5.74, 6) is 3.98. The van der Waals surface area contributed by atoms with Crippen LogP contribution in [0.2, 0.25) is 0 Å². The van der Waals surface area contributed by atoms with Gasteiger partial charge >= 0.3 is 0 Å². The number of anilines is 1. The molecule has 0 radical (unpaired) electrons. The van der Waals surface area contributed by atoms with E-state index in [1.165, 1.54) is 6.33 Å². The van der Waals surface area contributed by atoms with Crippen LogP contribution < -0.4 is 5.32 Å². The zero-order valence-electron chi connectivity index (χ0n) is 8.57. The van der Waals surface area contributed by atoms with E-state index in [4.69, 9.17) is 0 Å². The predicted octanol–water partition coefficient (Wildman–Crippen LogP) is 1.38.